The Morgan fingerprint density at radius 2 is 1.67 bits per heavy atom. The fourth-order valence-corrected chi connectivity index (χ4v) is 1.69. The molecule has 0 N–H and O–H groups in total. The number of halogens is 1. The number of methoxy groups -OCH3 is 3. The van der Waals surface area contributed by atoms with Gasteiger partial charge in [0.1, 0.15) is 0 Å². The Bertz CT molecular complexity index is 411. The molecule has 0 saturated carbocycles. The minimum atomic E-state index is -0.184. The molecule has 0 heterocycles. The number of hydrogen-bond donors (Lipinski definition) is 0. The van der Waals surface area contributed by atoms with Gasteiger partial charge in [-0.3, -0.25) is 4.79 Å². The summed E-state index contributed by atoms with van der Waals surface area (Å²) in [4.78, 5) is 12.5. The van der Waals surface area contributed by atoms with Crippen LogP contribution in [0.4, 0.5) is 4.79 Å². The first kappa shape index (κ1) is 14.6. The van der Waals surface area contributed by atoms with Crippen LogP contribution in [0.3, 0.4) is 0 Å². The molecule has 1 amide bonds. The minimum Gasteiger partial charge on any atom is -0.493 e. The first-order valence-electron chi connectivity index (χ1n) is 5.23. The van der Waals surface area contributed by atoms with Crippen molar-refractivity contribution in [1.82, 2.24) is 4.90 Å². The molecule has 18 heavy (non-hydrogen) atoms. The van der Waals surface area contributed by atoms with Gasteiger partial charge in [-0.15, -0.1) is 0 Å². The predicted molar refractivity (Wildman–Crippen MR) is 71.9 cm³/mol. The zero-order valence-corrected chi connectivity index (χ0v) is 12.4. The highest BCUT2D eigenvalue weighted by atomic mass is 79.9. The number of ether oxygens (including phenoxy) is 3. The molecule has 0 unspecified atom stereocenters. The Labute approximate surface area is 115 Å². The largest absolute Gasteiger partial charge is 0.493 e. The average molecular weight is 318 g/mol. The molecule has 0 aliphatic heterocycles. The summed E-state index contributed by atoms with van der Waals surface area (Å²) in [5, 5.41) is 0. The molecule has 0 spiro atoms. The summed E-state index contributed by atoms with van der Waals surface area (Å²) in [5.74, 6) is 1.68. The van der Waals surface area contributed by atoms with Crippen LogP contribution < -0.4 is 14.2 Å². The highest BCUT2D eigenvalue weighted by Gasteiger charge is 2.14. The second kappa shape index (κ2) is 6.49. The molecule has 5 nitrogen and oxygen atoms in total. The van der Waals surface area contributed by atoms with Crippen LogP contribution in [-0.4, -0.2) is 38.1 Å². The molecule has 0 fully saturated rings. The lowest BCUT2D eigenvalue weighted by Gasteiger charge is -2.17. The Balaban J connectivity index is 3.11. The molecule has 0 saturated heterocycles. The zero-order valence-electron chi connectivity index (χ0n) is 10.8. The molecular formula is C12H16BrNO4. The monoisotopic (exact) mass is 317 g/mol. The minimum absolute atomic E-state index is 0.184. The second-order valence-corrected chi connectivity index (χ2v) is 4.32. The fraction of sp³-hybridized carbons (Fsp3) is 0.417. The molecular weight excluding hydrogens is 302 g/mol. The van der Waals surface area contributed by atoms with Crippen molar-refractivity contribution >= 4 is 20.7 Å². The summed E-state index contributed by atoms with van der Waals surface area (Å²) in [6, 6.07) is 3.63. The van der Waals surface area contributed by atoms with Crippen molar-refractivity contribution in [2.45, 2.75) is 6.54 Å². The Kier molecular flexibility index (Phi) is 5.27. The van der Waals surface area contributed by atoms with E-state index in [0.29, 0.717) is 23.8 Å². The summed E-state index contributed by atoms with van der Waals surface area (Å²) in [6.45, 7) is 0.445. The number of amides is 1. The van der Waals surface area contributed by atoms with E-state index in [4.69, 9.17) is 14.2 Å². The normalized spacial score (nSPS) is 9.83. The third-order valence-corrected chi connectivity index (χ3v) is 3.05. The highest BCUT2D eigenvalue weighted by Crippen LogP contribution is 2.38. The average Bonchev–Trinajstić information content (AvgIpc) is 2.37. The van der Waals surface area contributed by atoms with Crippen LogP contribution in [-0.2, 0) is 6.54 Å². The number of carbonyl (C=O) groups excluding carboxylic acids is 1. The van der Waals surface area contributed by atoms with E-state index in [9.17, 15) is 4.79 Å². The van der Waals surface area contributed by atoms with Gasteiger partial charge in [0.15, 0.2) is 11.5 Å². The molecule has 1 rings (SSSR count). The molecule has 6 heteroatoms. The van der Waals surface area contributed by atoms with Crippen molar-refractivity contribution in [1.29, 1.82) is 0 Å². The van der Waals surface area contributed by atoms with Crippen LogP contribution in [0.15, 0.2) is 12.1 Å². The van der Waals surface area contributed by atoms with Gasteiger partial charge in [-0.05, 0) is 17.7 Å². The van der Waals surface area contributed by atoms with Crippen molar-refractivity contribution in [3.8, 4) is 17.2 Å². The molecule has 1 aromatic rings. The van der Waals surface area contributed by atoms with E-state index in [1.165, 1.54) is 4.90 Å². The third-order valence-electron chi connectivity index (χ3n) is 2.44. The Morgan fingerprint density at radius 3 is 2.00 bits per heavy atom. The summed E-state index contributed by atoms with van der Waals surface area (Å²) in [5.41, 5.74) is 0.889. The van der Waals surface area contributed by atoms with Gasteiger partial charge in [0.2, 0.25) is 5.75 Å². The standard InChI is InChI=1S/C12H16BrNO4/c1-14(12(13)15)7-8-5-9(16-2)11(18-4)10(6-8)17-3/h5-6H,7H2,1-4H3. The molecule has 0 aromatic heterocycles. The number of rotatable bonds is 5. The first-order valence-corrected chi connectivity index (χ1v) is 6.02. The quantitative estimate of drug-likeness (QED) is 0.619. The molecule has 0 aliphatic rings. The molecule has 0 radical (unpaired) electrons. The van der Waals surface area contributed by atoms with Crippen LogP contribution in [0, 0.1) is 0 Å². The smallest absolute Gasteiger partial charge is 0.289 e. The Morgan fingerprint density at radius 1 is 1.17 bits per heavy atom. The van der Waals surface area contributed by atoms with E-state index in [1.54, 1.807) is 28.4 Å². The van der Waals surface area contributed by atoms with Crippen LogP contribution in [0.25, 0.3) is 0 Å². The van der Waals surface area contributed by atoms with Crippen molar-refractivity contribution in [2.24, 2.45) is 0 Å². The zero-order chi connectivity index (χ0) is 13.7. The van der Waals surface area contributed by atoms with Crippen LogP contribution in [0.2, 0.25) is 0 Å². The van der Waals surface area contributed by atoms with Gasteiger partial charge in [-0.2, -0.15) is 0 Å². The maximum Gasteiger partial charge on any atom is 0.289 e. The van der Waals surface area contributed by atoms with Gasteiger partial charge in [-0.1, -0.05) is 0 Å². The second-order valence-electron chi connectivity index (χ2n) is 3.64. The first-order chi connectivity index (χ1) is 8.53. The van der Waals surface area contributed by atoms with E-state index in [-0.39, 0.29) is 4.82 Å². The van der Waals surface area contributed by atoms with E-state index in [1.807, 2.05) is 12.1 Å². The van der Waals surface area contributed by atoms with E-state index in [0.717, 1.165) is 5.56 Å². The molecule has 1 aromatic carbocycles. The summed E-state index contributed by atoms with van der Waals surface area (Å²) >= 11 is 2.90. The maximum atomic E-state index is 11.1. The van der Waals surface area contributed by atoms with Gasteiger partial charge in [0.25, 0.3) is 4.82 Å². The summed E-state index contributed by atoms with van der Waals surface area (Å²) in [7, 11) is 6.36. The molecule has 0 bridgehead atoms. The van der Waals surface area contributed by atoms with Gasteiger partial charge >= 0.3 is 0 Å². The third kappa shape index (κ3) is 3.29. The molecule has 0 aliphatic carbocycles. The SMILES string of the molecule is COc1cc(CN(C)C(=O)Br)cc(OC)c1OC. The van der Waals surface area contributed by atoms with E-state index < -0.39 is 0 Å². The summed E-state index contributed by atoms with van der Waals surface area (Å²) in [6.07, 6.45) is 0. The maximum absolute atomic E-state index is 11.1. The van der Waals surface area contributed by atoms with E-state index in [2.05, 4.69) is 15.9 Å². The van der Waals surface area contributed by atoms with E-state index >= 15 is 0 Å². The topological polar surface area (TPSA) is 48.0 Å². The van der Waals surface area contributed by atoms with Crippen LogP contribution >= 0.6 is 15.9 Å². The molecule has 0 atom stereocenters. The number of nitrogens with zero attached hydrogens (tertiary/aromatic N) is 1. The summed E-state index contributed by atoms with van der Waals surface area (Å²) < 4.78 is 15.7. The van der Waals surface area contributed by atoms with Crippen LogP contribution in [0.1, 0.15) is 5.56 Å². The van der Waals surface area contributed by atoms with Crippen molar-refractivity contribution in [3.05, 3.63) is 17.7 Å². The van der Waals surface area contributed by atoms with Gasteiger partial charge < -0.3 is 19.1 Å². The lowest BCUT2D eigenvalue weighted by Crippen LogP contribution is -2.19. The fourth-order valence-electron chi connectivity index (χ4n) is 1.56. The van der Waals surface area contributed by atoms with Crippen molar-refractivity contribution in [2.75, 3.05) is 28.4 Å². The van der Waals surface area contributed by atoms with Gasteiger partial charge in [0.05, 0.1) is 21.3 Å². The predicted octanol–water partition coefficient (Wildman–Crippen LogP) is 2.66. The Hall–Kier alpha value is -1.43. The number of hydrogen-bond acceptors (Lipinski definition) is 4. The number of carbonyl (C=O) groups is 1. The van der Waals surface area contributed by atoms with Crippen molar-refractivity contribution in [3.63, 3.8) is 0 Å². The van der Waals surface area contributed by atoms with Gasteiger partial charge in [0, 0.05) is 29.5 Å². The van der Waals surface area contributed by atoms with Crippen molar-refractivity contribution < 1.29 is 19.0 Å². The van der Waals surface area contributed by atoms with Crippen LogP contribution in [0.5, 0.6) is 17.2 Å². The van der Waals surface area contributed by atoms with Gasteiger partial charge in [-0.25, -0.2) is 0 Å². The molecule has 100 valence electrons. The highest BCUT2D eigenvalue weighted by molar-refractivity contribution is 9.18. The number of benzene rings is 1. The lowest BCUT2D eigenvalue weighted by molar-refractivity contribution is 0.233. The lowest BCUT2D eigenvalue weighted by atomic mass is 10.1.